The summed E-state index contributed by atoms with van der Waals surface area (Å²) in [5.74, 6) is 7.61. The fourth-order valence-electron chi connectivity index (χ4n) is 4.50. The molecule has 4 heterocycles. The average Bonchev–Trinajstić information content (AvgIpc) is 3.34. The van der Waals surface area contributed by atoms with Crippen molar-refractivity contribution in [3.63, 3.8) is 0 Å². The van der Waals surface area contributed by atoms with Gasteiger partial charge in [0, 0.05) is 44.1 Å². The second kappa shape index (κ2) is 11.2. The first kappa shape index (κ1) is 26.3. The molecule has 13 nitrogen and oxygen atoms in total. The Hall–Kier alpha value is -4.36. The largest absolute Gasteiger partial charge is 0.497 e. The number of hydrogen-bond donors (Lipinski definition) is 1. The molecule has 1 saturated heterocycles. The van der Waals surface area contributed by atoms with Crippen LogP contribution in [0.1, 0.15) is 36.1 Å². The number of carbonyl (C=O) groups is 1. The lowest BCUT2D eigenvalue weighted by Crippen LogP contribution is -2.37. The van der Waals surface area contributed by atoms with Crippen LogP contribution in [0.5, 0.6) is 5.75 Å². The van der Waals surface area contributed by atoms with Crippen molar-refractivity contribution in [3.05, 3.63) is 48.0 Å². The maximum Gasteiger partial charge on any atom is 0.359 e. The molecule has 0 aliphatic carbocycles. The quantitative estimate of drug-likeness (QED) is 0.332. The topological polar surface area (TPSA) is 147 Å². The van der Waals surface area contributed by atoms with Gasteiger partial charge in [0.1, 0.15) is 11.6 Å². The van der Waals surface area contributed by atoms with Gasteiger partial charge in [0.05, 0.1) is 32.4 Å². The molecule has 39 heavy (non-hydrogen) atoms. The molecule has 0 amide bonds. The van der Waals surface area contributed by atoms with E-state index in [1.54, 1.807) is 7.11 Å². The van der Waals surface area contributed by atoms with Gasteiger partial charge in [-0.05, 0) is 38.1 Å². The van der Waals surface area contributed by atoms with Gasteiger partial charge in [0.25, 0.3) is 0 Å². The summed E-state index contributed by atoms with van der Waals surface area (Å²) in [4.78, 5) is 43.5. The van der Waals surface area contributed by atoms with Crippen molar-refractivity contribution in [3.8, 4) is 17.1 Å². The number of anilines is 2. The van der Waals surface area contributed by atoms with E-state index in [9.17, 15) is 4.79 Å². The fourth-order valence-corrected chi connectivity index (χ4v) is 4.50. The number of nitrogens with two attached hydrogens (primary N) is 1. The highest BCUT2D eigenvalue weighted by Gasteiger charge is 2.25. The summed E-state index contributed by atoms with van der Waals surface area (Å²) in [6.45, 7) is 7.25. The summed E-state index contributed by atoms with van der Waals surface area (Å²) in [5.41, 5.74) is 2.53. The molecule has 2 N–H and O–H groups in total. The molecule has 0 radical (unpaired) electrons. The molecule has 1 aliphatic rings. The summed E-state index contributed by atoms with van der Waals surface area (Å²) in [5, 5.41) is 0. The highest BCUT2D eigenvalue weighted by atomic mass is 16.7. The normalized spacial score (nSPS) is 13.6. The molecule has 0 bridgehead atoms. The van der Waals surface area contributed by atoms with Gasteiger partial charge in [-0.1, -0.05) is 0 Å². The van der Waals surface area contributed by atoms with E-state index in [1.165, 1.54) is 12.4 Å². The molecule has 204 valence electrons. The number of ether oxygens (including phenoxy) is 2. The van der Waals surface area contributed by atoms with Gasteiger partial charge in [0.15, 0.2) is 22.8 Å². The van der Waals surface area contributed by atoms with E-state index in [0.29, 0.717) is 44.6 Å². The third kappa shape index (κ3) is 5.31. The van der Waals surface area contributed by atoms with E-state index in [-0.39, 0.29) is 11.6 Å². The molecule has 5 rings (SSSR count). The van der Waals surface area contributed by atoms with Gasteiger partial charge < -0.3 is 28.7 Å². The maximum atomic E-state index is 11.6. The molecule has 3 aromatic heterocycles. The number of aromatic nitrogens is 6. The number of morpholine rings is 1. The Morgan fingerprint density at radius 3 is 2.41 bits per heavy atom. The van der Waals surface area contributed by atoms with E-state index >= 15 is 0 Å². The molecule has 0 saturated carbocycles. The highest BCUT2D eigenvalue weighted by molar-refractivity contribution is 5.88. The van der Waals surface area contributed by atoms with Crippen molar-refractivity contribution in [1.82, 2.24) is 29.5 Å². The van der Waals surface area contributed by atoms with E-state index in [4.69, 9.17) is 30.3 Å². The Balaban J connectivity index is 1.58. The first-order chi connectivity index (χ1) is 18.9. The number of nitrogens with zero attached hydrogens (tertiary/aromatic N) is 8. The minimum absolute atomic E-state index is 0.0668. The summed E-state index contributed by atoms with van der Waals surface area (Å²) >= 11 is 0. The standard InChI is InChI=1S/C26H31N9O4/c1-16(2)35-20(15-33(3)26-28-13-18(14-29-26)25(36)39-27)30-21-23(34-9-11-38-12-10-34)31-22(32-24(21)35)17-5-7-19(37-4)8-6-17/h5-8,13-14,16H,9-12,15,27H2,1-4H3. The first-order valence-electron chi connectivity index (χ1n) is 12.6. The number of imidazole rings is 1. The zero-order valence-electron chi connectivity index (χ0n) is 22.4. The summed E-state index contributed by atoms with van der Waals surface area (Å²) < 4.78 is 13.0. The molecule has 1 fully saturated rings. The Kier molecular flexibility index (Phi) is 7.52. The van der Waals surface area contributed by atoms with E-state index < -0.39 is 5.97 Å². The van der Waals surface area contributed by atoms with Crippen LogP contribution in [0.4, 0.5) is 11.8 Å². The predicted octanol–water partition coefficient (Wildman–Crippen LogP) is 2.38. The van der Waals surface area contributed by atoms with Crippen LogP contribution < -0.4 is 20.4 Å². The fraction of sp³-hybridized carbons (Fsp3) is 0.385. The zero-order chi connectivity index (χ0) is 27.5. The Labute approximate surface area is 225 Å². The number of methoxy groups -OCH3 is 1. The van der Waals surface area contributed by atoms with Crippen LogP contribution in [0.3, 0.4) is 0 Å². The third-order valence-corrected chi connectivity index (χ3v) is 6.47. The lowest BCUT2D eigenvalue weighted by molar-refractivity contribution is 0.0502. The zero-order valence-corrected chi connectivity index (χ0v) is 22.4. The van der Waals surface area contributed by atoms with E-state index in [1.807, 2.05) is 36.2 Å². The van der Waals surface area contributed by atoms with Crippen LogP contribution in [0.2, 0.25) is 0 Å². The van der Waals surface area contributed by atoms with Crippen LogP contribution >= 0.6 is 0 Å². The third-order valence-electron chi connectivity index (χ3n) is 6.47. The molecule has 0 atom stereocenters. The van der Waals surface area contributed by atoms with Gasteiger partial charge >= 0.3 is 5.97 Å². The number of fused-ring (bicyclic) bond motifs is 1. The number of hydrogen-bond acceptors (Lipinski definition) is 12. The van der Waals surface area contributed by atoms with Crippen molar-refractivity contribution in [2.24, 2.45) is 5.90 Å². The molecule has 0 spiro atoms. The summed E-state index contributed by atoms with van der Waals surface area (Å²) in [7, 11) is 3.50. The number of rotatable bonds is 8. The molecule has 13 heteroatoms. The first-order valence-corrected chi connectivity index (χ1v) is 12.6. The Morgan fingerprint density at radius 1 is 1.10 bits per heavy atom. The van der Waals surface area contributed by atoms with Crippen LogP contribution in [-0.4, -0.2) is 75.9 Å². The van der Waals surface area contributed by atoms with Gasteiger partial charge in [-0.15, -0.1) is 0 Å². The Bertz CT molecular complexity index is 1450. The van der Waals surface area contributed by atoms with Crippen molar-refractivity contribution >= 4 is 28.9 Å². The predicted molar refractivity (Wildman–Crippen MR) is 144 cm³/mol. The van der Waals surface area contributed by atoms with Crippen LogP contribution in [0.15, 0.2) is 36.7 Å². The maximum absolute atomic E-state index is 11.6. The van der Waals surface area contributed by atoms with Gasteiger partial charge in [0.2, 0.25) is 5.95 Å². The van der Waals surface area contributed by atoms with Gasteiger partial charge in [-0.2, -0.15) is 5.90 Å². The second-order valence-corrected chi connectivity index (χ2v) is 9.40. The van der Waals surface area contributed by atoms with Crippen LogP contribution in [-0.2, 0) is 16.1 Å². The molecule has 1 aliphatic heterocycles. The van der Waals surface area contributed by atoms with Gasteiger partial charge in [-0.3, -0.25) is 0 Å². The van der Waals surface area contributed by atoms with Crippen LogP contribution in [0, 0.1) is 0 Å². The minimum Gasteiger partial charge on any atom is -0.497 e. The molecule has 0 unspecified atom stereocenters. The van der Waals surface area contributed by atoms with Crippen molar-refractivity contribution in [2.75, 3.05) is 50.3 Å². The van der Waals surface area contributed by atoms with Crippen molar-refractivity contribution in [2.45, 2.75) is 26.4 Å². The van der Waals surface area contributed by atoms with Crippen LogP contribution in [0.25, 0.3) is 22.6 Å². The molecular formula is C26H31N9O4. The smallest absolute Gasteiger partial charge is 0.359 e. The monoisotopic (exact) mass is 533 g/mol. The van der Waals surface area contributed by atoms with Crippen molar-refractivity contribution < 1.29 is 19.1 Å². The SMILES string of the molecule is COc1ccc(-c2nc(N3CCOCC3)c3nc(CN(C)c4ncc(C(=O)ON)cn4)n(C(C)C)c3n2)cc1. The molecular weight excluding hydrogens is 502 g/mol. The van der Waals surface area contributed by atoms with Gasteiger partial charge in [-0.25, -0.2) is 29.7 Å². The average molecular weight is 534 g/mol. The summed E-state index contributed by atoms with van der Waals surface area (Å²) in [6.07, 6.45) is 2.76. The molecule has 4 aromatic rings. The number of benzene rings is 1. The second-order valence-electron chi connectivity index (χ2n) is 9.40. The lowest BCUT2D eigenvalue weighted by Gasteiger charge is -2.28. The minimum atomic E-state index is -0.701. The van der Waals surface area contributed by atoms with E-state index in [0.717, 1.165) is 34.1 Å². The Morgan fingerprint density at radius 2 is 1.79 bits per heavy atom. The highest BCUT2D eigenvalue weighted by Crippen LogP contribution is 2.31. The lowest BCUT2D eigenvalue weighted by atomic mass is 10.2. The summed E-state index contributed by atoms with van der Waals surface area (Å²) in [6, 6.07) is 7.77. The number of carbonyl (C=O) groups excluding carboxylic acids is 1. The molecule has 1 aromatic carbocycles. The van der Waals surface area contributed by atoms with Crippen molar-refractivity contribution in [1.29, 1.82) is 0 Å². The van der Waals surface area contributed by atoms with E-state index in [2.05, 4.69) is 38.1 Å².